The van der Waals surface area contributed by atoms with Gasteiger partial charge in [0.25, 0.3) is 0 Å². The van der Waals surface area contributed by atoms with Crippen LogP contribution in [0.2, 0.25) is 10.0 Å². The van der Waals surface area contributed by atoms with Crippen molar-refractivity contribution in [2.75, 3.05) is 6.61 Å². The summed E-state index contributed by atoms with van der Waals surface area (Å²) in [6.45, 7) is -0.387. The molecule has 0 spiro atoms. The van der Waals surface area contributed by atoms with Crippen molar-refractivity contribution in [3.63, 3.8) is 0 Å². The van der Waals surface area contributed by atoms with Gasteiger partial charge in [-0.25, -0.2) is 0 Å². The highest BCUT2D eigenvalue weighted by Crippen LogP contribution is 2.25. The molecule has 1 aromatic rings. The quantitative estimate of drug-likeness (QED) is 0.742. The molecule has 0 saturated heterocycles. The van der Waals surface area contributed by atoms with Crippen molar-refractivity contribution < 1.29 is 10.2 Å². The number of hydrogen-bond acceptors (Lipinski definition) is 3. The highest BCUT2D eigenvalue weighted by atomic mass is 35.5. The van der Waals surface area contributed by atoms with Crippen molar-refractivity contribution >= 4 is 23.2 Å². The second-order valence-corrected chi connectivity index (χ2v) is 3.76. The van der Waals surface area contributed by atoms with E-state index in [4.69, 9.17) is 34.0 Å². The zero-order valence-electron chi connectivity index (χ0n) is 7.32. The lowest BCUT2D eigenvalue weighted by Crippen LogP contribution is -2.29. The van der Waals surface area contributed by atoms with Crippen LogP contribution in [0.25, 0.3) is 0 Å². The third-order valence-corrected chi connectivity index (χ3v) is 2.67. The maximum atomic E-state index is 9.29. The summed E-state index contributed by atoms with van der Waals surface area (Å²) < 4.78 is 0. The molecule has 0 saturated carbocycles. The average molecular weight is 236 g/mol. The van der Waals surface area contributed by atoms with Crippen molar-refractivity contribution in [2.45, 2.75) is 12.1 Å². The summed E-state index contributed by atoms with van der Waals surface area (Å²) in [5, 5.41) is 18.8. The van der Waals surface area contributed by atoms with E-state index in [0.29, 0.717) is 15.6 Å². The molecule has 0 amide bonds. The van der Waals surface area contributed by atoms with Crippen LogP contribution in [-0.2, 0) is 0 Å². The van der Waals surface area contributed by atoms with Gasteiger partial charge in [0.05, 0.1) is 28.8 Å². The van der Waals surface area contributed by atoms with E-state index < -0.39 is 12.1 Å². The number of nitrogens with two attached hydrogens (primary N) is 1. The van der Waals surface area contributed by atoms with E-state index in [1.165, 1.54) is 0 Å². The Morgan fingerprint density at radius 2 is 1.93 bits per heavy atom. The number of benzene rings is 1. The lowest BCUT2D eigenvalue weighted by atomic mass is 10.0. The van der Waals surface area contributed by atoms with E-state index in [1.807, 2.05) is 0 Å². The van der Waals surface area contributed by atoms with Gasteiger partial charge in [-0.15, -0.1) is 0 Å². The van der Waals surface area contributed by atoms with Gasteiger partial charge in [-0.1, -0.05) is 29.3 Å². The molecule has 3 nitrogen and oxygen atoms in total. The predicted octanol–water partition coefficient (Wildman–Crippen LogP) is 1.35. The number of hydrogen-bond donors (Lipinski definition) is 3. The molecule has 1 rings (SSSR count). The molecule has 0 bridgehead atoms. The molecule has 0 aliphatic carbocycles. The Morgan fingerprint density at radius 3 is 2.43 bits per heavy atom. The smallest absolute Gasteiger partial charge is 0.0962 e. The van der Waals surface area contributed by atoms with Crippen LogP contribution in [-0.4, -0.2) is 22.9 Å². The molecule has 0 aromatic heterocycles. The van der Waals surface area contributed by atoms with Crippen LogP contribution < -0.4 is 5.73 Å². The van der Waals surface area contributed by atoms with Crippen LogP contribution in [0, 0.1) is 0 Å². The average Bonchev–Trinajstić information content (AvgIpc) is 2.20. The van der Waals surface area contributed by atoms with Gasteiger partial charge in [0.1, 0.15) is 0 Å². The summed E-state index contributed by atoms with van der Waals surface area (Å²) in [5.41, 5.74) is 6.30. The predicted molar refractivity (Wildman–Crippen MR) is 56.5 cm³/mol. The summed E-state index contributed by atoms with van der Waals surface area (Å²) in [6.07, 6.45) is -0.993. The number of aliphatic hydroxyl groups excluding tert-OH is 2. The fourth-order valence-electron chi connectivity index (χ4n) is 1.06. The first-order valence-corrected chi connectivity index (χ1v) is 4.81. The molecular weight excluding hydrogens is 225 g/mol. The molecule has 14 heavy (non-hydrogen) atoms. The fourth-order valence-corrected chi connectivity index (χ4v) is 1.36. The van der Waals surface area contributed by atoms with Gasteiger partial charge >= 0.3 is 0 Å². The maximum Gasteiger partial charge on any atom is 0.0962 e. The summed E-state index contributed by atoms with van der Waals surface area (Å²) in [6, 6.07) is 4.18. The highest BCUT2D eigenvalue weighted by molar-refractivity contribution is 6.42. The normalized spacial score (nSPS) is 15.2. The van der Waals surface area contributed by atoms with Gasteiger partial charge in [0.2, 0.25) is 0 Å². The minimum Gasteiger partial charge on any atom is -0.394 e. The van der Waals surface area contributed by atoms with E-state index in [1.54, 1.807) is 18.2 Å². The molecule has 0 unspecified atom stereocenters. The molecule has 4 N–H and O–H groups in total. The third kappa shape index (κ3) is 2.59. The fraction of sp³-hybridized carbons (Fsp3) is 0.333. The minimum absolute atomic E-state index is 0.379. The molecule has 2 atom stereocenters. The van der Waals surface area contributed by atoms with Crippen molar-refractivity contribution in [3.8, 4) is 0 Å². The number of rotatable bonds is 3. The molecule has 5 heteroatoms. The molecule has 0 aliphatic heterocycles. The Kier molecular flexibility index (Phi) is 4.16. The molecule has 0 radical (unpaired) electrons. The second-order valence-electron chi connectivity index (χ2n) is 2.95. The minimum atomic E-state index is -0.993. The largest absolute Gasteiger partial charge is 0.394 e. The van der Waals surface area contributed by atoms with Crippen molar-refractivity contribution in [3.05, 3.63) is 33.8 Å². The Bertz CT molecular complexity index is 320. The molecule has 1 aromatic carbocycles. The first kappa shape index (κ1) is 11.8. The van der Waals surface area contributed by atoms with Crippen molar-refractivity contribution in [2.24, 2.45) is 5.73 Å². The zero-order chi connectivity index (χ0) is 10.7. The van der Waals surface area contributed by atoms with E-state index in [0.717, 1.165) is 0 Å². The highest BCUT2D eigenvalue weighted by Gasteiger charge is 2.16. The zero-order valence-corrected chi connectivity index (χ0v) is 8.83. The summed E-state index contributed by atoms with van der Waals surface area (Å²) in [4.78, 5) is 0. The Morgan fingerprint density at radius 1 is 1.29 bits per heavy atom. The van der Waals surface area contributed by atoms with Gasteiger partial charge < -0.3 is 15.9 Å². The Hall–Kier alpha value is -0.320. The lowest BCUT2D eigenvalue weighted by molar-refractivity contribution is 0.0741. The monoisotopic (exact) mass is 235 g/mol. The van der Waals surface area contributed by atoms with Crippen LogP contribution in [0.5, 0.6) is 0 Å². The lowest BCUT2D eigenvalue weighted by Gasteiger charge is -2.17. The Labute approximate surface area is 92.1 Å². The van der Waals surface area contributed by atoms with Crippen LogP contribution in [0.15, 0.2) is 18.2 Å². The topological polar surface area (TPSA) is 66.5 Å². The van der Waals surface area contributed by atoms with Gasteiger partial charge in [0, 0.05) is 0 Å². The number of aliphatic hydroxyl groups is 2. The molecule has 0 aliphatic rings. The van der Waals surface area contributed by atoms with Crippen LogP contribution in [0.3, 0.4) is 0 Å². The van der Waals surface area contributed by atoms with Gasteiger partial charge in [-0.05, 0) is 17.7 Å². The van der Waals surface area contributed by atoms with Crippen LogP contribution in [0.1, 0.15) is 11.6 Å². The second kappa shape index (κ2) is 4.96. The van der Waals surface area contributed by atoms with Gasteiger partial charge in [-0.2, -0.15) is 0 Å². The van der Waals surface area contributed by atoms with E-state index in [2.05, 4.69) is 0 Å². The summed E-state index contributed by atoms with van der Waals surface area (Å²) >= 11 is 11.5. The third-order valence-electron chi connectivity index (χ3n) is 1.93. The first-order valence-electron chi connectivity index (χ1n) is 4.05. The number of halogens is 2. The summed E-state index contributed by atoms with van der Waals surface area (Å²) in [7, 11) is 0. The molecule has 0 heterocycles. The van der Waals surface area contributed by atoms with Crippen LogP contribution >= 0.6 is 23.2 Å². The van der Waals surface area contributed by atoms with Crippen molar-refractivity contribution in [1.29, 1.82) is 0 Å². The summed E-state index contributed by atoms with van der Waals surface area (Å²) in [5.74, 6) is 0. The van der Waals surface area contributed by atoms with Crippen LogP contribution in [0.4, 0.5) is 0 Å². The van der Waals surface area contributed by atoms with Gasteiger partial charge in [0.15, 0.2) is 0 Å². The molecular formula is C9H11Cl2NO2. The van der Waals surface area contributed by atoms with Gasteiger partial charge in [-0.3, -0.25) is 0 Å². The standard InChI is InChI=1S/C9H11Cl2NO2/c10-6-2-1-5(3-7(6)11)9(12)8(14)4-13/h1-3,8-9,13-14H,4,12H2/t8-,9+/m1/s1. The van der Waals surface area contributed by atoms with Crippen molar-refractivity contribution in [1.82, 2.24) is 0 Å². The Balaban J connectivity index is 2.91. The first-order chi connectivity index (χ1) is 6.56. The van der Waals surface area contributed by atoms with E-state index >= 15 is 0 Å². The SMILES string of the molecule is N[C@@H](c1ccc(Cl)c(Cl)c1)[C@H](O)CO. The maximum absolute atomic E-state index is 9.29. The molecule has 0 fully saturated rings. The molecule has 78 valence electrons. The van der Waals surface area contributed by atoms with E-state index in [-0.39, 0.29) is 6.61 Å². The van der Waals surface area contributed by atoms with E-state index in [9.17, 15) is 5.11 Å².